The molecule has 0 aliphatic carbocycles. The van der Waals surface area contributed by atoms with E-state index in [9.17, 15) is 14.7 Å². The largest absolute Gasteiger partial charge is 0.481 e. The summed E-state index contributed by atoms with van der Waals surface area (Å²) >= 11 is 5.96. The van der Waals surface area contributed by atoms with Crippen LogP contribution in [0.25, 0.3) is 0 Å². The van der Waals surface area contributed by atoms with Gasteiger partial charge >= 0.3 is 5.97 Å². The van der Waals surface area contributed by atoms with Gasteiger partial charge in [0.1, 0.15) is 0 Å². The van der Waals surface area contributed by atoms with Crippen LogP contribution in [-0.2, 0) is 9.59 Å². The normalized spacial score (nSPS) is 12.2. The molecule has 0 saturated carbocycles. The number of hydrogen-bond acceptors (Lipinski definition) is 2. The number of carbonyl (C=O) groups is 2. The maximum atomic E-state index is 11.6. The summed E-state index contributed by atoms with van der Waals surface area (Å²) in [5.74, 6) is -2.27. The number of amides is 1. The minimum atomic E-state index is -1.05. The molecule has 0 fully saturated rings. The summed E-state index contributed by atoms with van der Waals surface area (Å²) < 4.78 is 0. The Labute approximate surface area is 111 Å². The topological polar surface area (TPSA) is 66.4 Å². The predicted octanol–water partition coefficient (Wildman–Crippen LogP) is 2.42. The SMILES string of the molecule is CC(C)NC(=O)CC(C(=O)O)c1ccccc1Cl. The number of halogens is 1. The molecule has 18 heavy (non-hydrogen) atoms. The molecule has 2 N–H and O–H groups in total. The maximum Gasteiger partial charge on any atom is 0.311 e. The predicted molar refractivity (Wildman–Crippen MR) is 69.7 cm³/mol. The molecule has 1 amide bonds. The third-order valence-corrected chi connectivity index (χ3v) is 2.76. The number of aliphatic carboxylic acids is 1. The smallest absolute Gasteiger partial charge is 0.311 e. The molecule has 5 heteroatoms. The average Bonchev–Trinajstić information content (AvgIpc) is 2.25. The fourth-order valence-corrected chi connectivity index (χ4v) is 1.92. The van der Waals surface area contributed by atoms with Crippen LogP contribution in [0.4, 0.5) is 0 Å². The van der Waals surface area contributed by atoms with Crippen molar-refractivity contribution in [1.82, 2.24) is 5.32 Å². The maximum absolute atomic E-state index is 11.6. The Bertz CT molecular complexity index is 446. The molecule has 1 atom stereocenters. The van der Waals surface area contributed by atoms with Crippen LogP contribution >= 0.6 is 11.6 Å². The van der Waals surface area contributed by atoms with Crippen LogP contribution in [0.3, 0.4) is 0 Å². The third-order valence-electron chi connectivity index (χ3n) is 2.42. The van der Waals surface area contributed by atoms with E-state index in [0.29, 0.717) is 10.6 Å². The average molecular weight is 270 g/mol. The van der Waals surface area contributed by atoms with Crippen LogP contribution in [0.1, 0.15) is 31.7 Å². The van der Waals surface area contributed by atoms with Crippen molar-refractivity contribution in [2.45, 2.75) is 32.2 Å². The molecule has 0 heterocycles. The summed E-state index contributed by atoms with van der Waals surface area (Å²) in [6.45, 7) is 3.65. The lowest BCUT2D eigenvalue weighted by atomic mass is 9.95. The quantitative estimate of drug-likeness (QED) is 0.863. The number of carboxylic acid groups (broad SMARTS) is 1. The molecule has 0 radical (unpaired) electrons. The molecule has 98 valence electrons. The van der Waals surface area contributed by atoms with Crippen LogP contribution in [0.15, 0.2) is 24.3 Å². The van der Waals surface area contributed by atoms with Crippen molar-refractivity contribution in [2.24, 2.45) is 0 Å². The summed E-state index contributed by atoms with van der Waals surface area (Å²) in [5, 5.41) is 12.2. The molecular formula is C13H16ClNO3. The summed E-state index contributed by atoms with van der Waals surface area (Å²) in [7, 11) is 0. The number of nitrogens with one attached hydrogen (secondary N) is 1. The Kier molecular flexibility index (Phi) is 5.16. The lowest BCUT2D eigenvalue weighted by Gasteiger charge is -2.15. The molecule has 1 aromatic carbocycles. The van der Waals surface area contributed by atoms with Crippen molar-refractivity contribution < 1.29 is 14.7 Å². The van der Waals surface area contributed by atoms with Gasteiger partial charge in [-0.15, -0.1) is 0 Å². The standard InChI is InChI=1S/C13H16ClNO3/c1-8(2)15-12(16)7-10(13(17)18)9-5-3-4-6-11(9)14/h3-6,8,10H,7H2,1-2H3,(H,15,16)(H,17,18). The first-order chi connectivity index (χ1) is 8.41. The Hall–Kier alpha value is -1.55. The zero-order valence-electron chi connectivity index (χ0n) is 10.3. The number of hydrogen-bond donors (Lipinski definition) is 2. The Morgan fingerprint density at radius 1 is 1.33 bits per heavy atom. The van der Waals surface area contributed by atoms with Gasteiger partial charge in [0.2, 0.25) is 5.91 Å². The number of rotatable bonds is 5. The second-order valence-corrected chi connectivity index (χ2v) is 4.75. The summed E-state index contributed by atoms with van der Waals surface area (Å²) in [5.41, 5.74) is 0.463. The number of benzene rings is 1. The van der Waals surface area contributed by atoms with E-state index in [1.807, 2.05) is 13.8 Å². The van der Waals surface area contributed by atoms with E-state index in [2.05, 4.69) is 5.32 Å². The Morgan fingerprint density at radius 2 is 1.94 bits per heavy atom. The summed E-state index contributed by atoms with van der Waals surface area (Å²) in [6, 6.07) is 6.66. The zero-order chi connectivity index (χ0) is 13.7. The second kappa shape index (κ2) is 6.40. The van der Waals surface area contributed by atoms with Crippen molar-refractivity contribution >= 4 is 23.5 Å². The fraction of sp³-hybridized carbons (Fsp3) is 0.385. The second-order valence-electron chi connectivity index (χ2n) is 4.34. The van der Waals surface area contributed by atoms with Gasteiger partial charge in [-0.1, -0.05) is 29.8 Å². The molecule has 0 bridgehead atoms. The van der Waals surface area contributed by atoms with Crippen LogP contribution in [0.2, 0.25) is 5.02 Å². The van der Waals surface area contributed by atoms with Crippen molar-refractivity contribution in [3.63, 3.8) is 0 Å². The van der Waals surface area contributed by atoms with Crippen LogP contribution in [0.5, 0.6) is 0 Å². The van der Waals surface area contributed by atoms with E-state index < -0.39 is 11.9 Å². The van der Waals surface area contributed by atoms with Crippen molar-refractivity contribution in [2.75, 3.05) is 0 Å². The van der Waals surface area contributed by atoms with Gasteiger partial charge in [0.25, 0.3) is 0 Å². The Morgan fingerprint density at radius 3 is 2.44 bits per heavy atom. The van der Waals surface area contributed by atoms with E-state index in [1.54, 1.807) is 24.3 Å². The first kappa shape index (κ1) is 14.5. The molecule has 4 nitrogen and oxygen atoms in total. The lowest BCUT2D eigenvalue weighted by molar-refractivity contribution is -0.140. The van der Waals surface area contributed by atoms with Crippen molar-refractivity contribution in [1.29, 1.82) is 0 Å². The summed E-state index contributed by atoms with van der Waals surface area (Å²) in [6.07, 6.45) is -0.114. The van der Waals surface area contributed by atoms with Gasteiger partial charge in [-0.3, -0.25) is 9.59 Å². The molecule has 0 aliphatic rings. The highest BCUT2D eigenvalue weighted by Crippen LogP contribution is 2.27. The van der Waals surface area contributed by atoms with Gasteiger partial charge in [-0.05, 0) is 25.5 Å². The van der Waals surface area contributed by atoms with Gasteiger partial charge in [0, 0.05) is 17.5 Å². The van der Waals surface area contributed by atoms with Crippen LogP contribution in [0, 0.1) is 0 Å². The first-order valence-electron chi connectivity index (χ1n) is 5.68. The molecule has 0 aliphatic heterocycles. The number of carbonyl (C=O) groups excluding carboxylic acids is 1. The highest BCUT2D eigenvalue weighted by atomic mass is 35.5. The monoisotopic (exact) mass is 269 g/mol. The highest BCUT2D eigenvalue weighted by Gasteiger charge is 2.25. The minimum absolute atomic E-state index is 0.0156. The van der Waals surface area contributed by atoms with Gasteiger partial charge in [-0.25, -0.2) is 0 Å². The molecule has 0 spiro atoms. The van der Waals surface area contributed by atoms with E-state index in [-0.39, 0.29) is 18.4 Å². The van der Waals surface area contributed by atoms with E-state index in [1.165, 1.54) is 0 Å². The van der Waals surface area contributed by atoms with Crippen molar-refractivity contribution in [3.05, 3.63) is 34.9 Å². The number of carboxylic acids is 1. The molecule has 1 unspecified atom stereocenters. The van der Waals surface area contributed by atoms with Gasteiger partial charge in [0.05, 0.1) is 5.92 Å². The van der Waals surface area contributed by atoms with Gasteiger partial charge < -0.3 is 10.4 Å². The molecule has 1 aromatic rings. The Balaban J connectivity index is 2.88. The first-order valence-corrected chi connectivity index (χ1v) is 6.06. The molecule has 0 saturated heterocycles. The van der Waals surface area contributed by atoms with E-state index >= 15 is 0 Å². The van der Waals surface area contributed by atoms with E-state index in [4.69, 9.17) is 11.6 Å². The van der Waals surface area contributed by atoms with Crippen LogP contribution < -0.4 is 5.32 Å². The molecule has 0 aromatic heterocycles. The highest BCUT2D eigenvalue weighted by molar-refractivity contribution is 6.31. The van der Waals surface area contributed by atoms with Gasteiger partial charge in [0.15, 0.2) is 0 Å². The van der Waals surface area contributed by atoms with Gasteiger partial charge in [-0.2, -0.15) is 0 Å². The summed E-state index contributed by atoms with van der Waals surface area (Å²) in [4.78, 5) is 22.9. The van der Waals surface area contributed by atoms with Crippen LogP contribution in [-0.4, -0.2) is 23.0 Å². The minimum Gasteiger partial charge on any atom is -0.481 e. The fourth-order valence-electron chi connectivity index (χ4n) is 1.65. The van der Waals surface area contributed by atoms with Crippen molar-refractivity contribution in [3.8, 4) is 0 Å². The zero-order valence-corrected chi connectivity index (χ0v) is 11.1. The van der Waals surface area contributed by atoms with E-state index in [0.717, 1.165) is 0 Å². The third kappa shape index (κ3) is 4.04. The molecular weight excluding hydrogens is 254 g/mol. The molecule has 1 rings (SSSR count). The lowest BCUT2D eigenvalue weighted by Crippen LogP contribution is -2.32.